The molecule has 4 rings (SSSR count). The average Bonchev–Trinajstić information content (AvgIpc) is 3.11. The molecule has 2 atom stereocenters. The molecular formula is C20H16O2S. The van der Waals surface area contributed by atoms with Gasteiger partial charge in [0.25, 0.3) is 0 Å². The van der Waals surface area contributed by atoms with Gasteiger partial charge in [-0.3, -0.25) is 0 Å². The van der Waals surface area contributed by atoms with Crippen molar-refractivity contribution in [3.63, 3.8) is 0 Å². The molecule has 0 saturated carbocycles. The summed E-state index contributed by atoms with van der Waals surface area (Å²) >= 11 is 0. The van der Waals surface area contributed by atoms with E-state index >= 15 is 0 Å². The van der Waals surface area contributed by atoms with Gasteiger partial charge in [-0.15, -0.1) is 0 Å². The number of ether oxygens (including phenoxy) is 1. The molecule has 0 saturated heterocycles. The van der Waals surface area contributed by atoms with Crippen molar-refractivity contribution in [3.05, 3.63) is 89.3 Å². The zero-order chi connectivity index (χ0) is 15.6. The van der Waals surface area contributed by atoms with Gasteiger partial charge in [-0.2, -0.15) is 0 Å². The largest absolute Gasteiger partial charge is 0.364 e. The Morgan fingerprint density at radius 1 is 0.870 bits per heavy atom. The zero-order valence-corrected chi connectivity index (χ0v) is 13.3. The molecule has 0 aromatic heterocycles. The van der Waals surface area contributed by atoms with E-state index in [9.17, 15) is 4.21 Å². The van der Waals surface area contributed by atoms with Crippen LogP contribution in [0.15, 0.2) is 88.7 Å². The first-order valence-electron chi connectivity index (χ1n) is 7.61. The molecule has 0 radical (unpaired) electrons. The lowest BCUT2D eigenvalue weighted by molar-refractivity contribution is 0.127. The standard InChI is InChI=1S/C20H16O2S/c21-23(18-12-6-10-15-7-4-5-11-17(15)18)19-13-14-22-20(19)16-8-2-1-3-9-16/h1-13,20H,14H2/t20-,23?/m1/s1. The molecule has 0 bridgehead atoms. The van der Waals surface area contributed by atoms with Gasteiger partial charge in [0.1, 0.15) is 6.10 Å². The van der Waals surface area contributed by atoms with Gasteiger partial charge in [-0.25, -0.2) is 4.21 Å². The van der Waals surface area contributed by atoms with E-state index in [0.29, 0.717) is 6.61 Å². The fraction of sp³-hybridized carbons (Fsp3) is 0.100. The van der Waals surface area contributed by atoms with Gasteiger partial charge in [0.15, 0.2) is 0 Å². The number of rotatable bonds is 3. The first-order chi connectivity index (χ1) is 11.3. The molecule has 1 aliphatic heterocycles. The van der Waals surface area contributed by atoms with E-state index in [1.165, 1.54) is 0 Å². The average molecular weight is 320 g/mol. The molecule has 2 nitrogen and oxygen atoms in total. The van der Waals surface area contributed by atoms with E-state index in [0.717, 1.165) is 26.1 Å². The van der Waals surface area contributed by atoms with Gasteiger partial charge in [0.05, 0.1) is 27.2 Å². The molecule has 0 fully saturated rings. The Hall–Kier alpha value is -2.23. The van der Waals surface area contributed by atoms with Crippen LogP contribution in [0.2, 0.25) is 0 Å². The minimum absolute atomic E-state index is 0.226. The van der Waals surface area contributed by atoms with Crippen LogP contribution in [0.25, 0.3) is 10.8 Å². The summed E-state index contributed by atoms with van der Waals surface area (Å²) in [5.74, 6) is 0. The van der Waals surface area contributed by atoms with Crippen molar-refractivity contribution in [2.45, 2.75) is 11.0 Å². The van der Waals surface area contributed by atoms with Crippen LogP contribution in [0.5, 0.6) is 0 Å². The van der Waals surface area contributed by atoms with Crippen molar-refractivity contribution < 1.29 is 8.95 Å². The Labute approximate surface area is 137 Å². The summed E-state index contributed by atoms with van der Waals surface area (Å²) in [5.41, 5.74) is 1.05. The van der Waals surface area contributed by atoms with E-state index in [-0.39, 0.29) is 6.10 Å². The van der Waals surface area contributed by atoms with Gasteiger partial charge in [0.2, 0.25) is 0 Å². The molecule has 0 aliphatic carbocycles. The minimum atomic E-state index is -1.23. The quantitative estimate of drug-likeness (QED) is 0.705. The van der Waals surface area contributed by atoms with Crippen LogP contribution in [-0.4, -0.2) is 10.8 Å². The van der Waals surface area contributed by atoms with Crippen LogP contribution in [0, 0.1) is 0 Å². The molecule has 0 spiro atoms. The van der Waals surface area contributed by atoms with E-state index in [1.807, 2.05) is 78.9 Å². The highest BCUT2D eigenvalue weighted by atomic mass is 32.2. The monoisotopic (exact) mass is 320 g/mol. The predicted molar refractivity (Wildman–Crippen MR) is 93.6 cm³/mol. The highest BCUT2D eigenvalue weighted by Gasteiger charge is 2.27. The highest BCUT2D eigenvalue weighted by molar-refractivity contribution is 7.89. The molecular weight excluding hydrogens is 304 g/mol. The lowest BCUT2D eigenvalue weighted by Gasteiger charge is -2.15. The summed E-state index contributed by atoms with van der Waals surface area (Å²) in [6.45, 7) is 0.505. The maximum absolute atomic E-state index is 13.2. The minimum Gasteiger partial charge on any atom is -0.364 e. The van der Waals surface area contributed by atoms with E-state index in [4.69, 9.17) is 4.74 Å². The van der Waals surface area contributed by atoms with Crippen LogP contribution in [-0.2, 0) is 15.5 Å². The first-order valence-corrected chi connectivity index (χ1v) is 8.76. The summed E-state index contributed by atoms with van der Waals surface area (Å²) in [7, 11) is -1.23. The Bertz CT molecular complexity index is 894. The van der Waals surface area contributed by atoms with Crippen LogP contribution in [0.1, 0.15) is 11.7 Å². The van der Waals surface area contributed by atoms with Gasteiger partial charge in [0, 0.05) is 0 Å². The van der Waals surface area contributed by atoms with Gasteiger partial charge < -0.3 is 4.74 Å². The normalized spacial score (nSPS) is 18.8. The molecule has 1 unspecified atom stereocenters. The Morgan fingerprint density at radius 2 is 1.61 bits per heavy atom. The molecule has 1 aliphatic rings. The smallest absolute Gasteiger partial charge is 0.116 e. The summed E-state index contributed by atoms with van der Waals surface area (Å²) in [4.78, 5) is 1.69. The summed E-state index contributed by atoms with van der Waals surface area (Å²) in [5, 5.41) is 2.14. The van der Waals surface area contributed by atoms with Crippen molar-refractivity contribution in [1.82, 2.24) is 0 Å². The Balaban J connectivity index is 1.76. The second-order valence-electron chi connectivity index (χ2n) is 5.48. The van der Waals surface area contributed by atoms with Gasteiger partial charge in [-0.1, -0.05) is 66.7 Å². The first kappa shape index (κ1) is 14.4. The number of benzene rings is 3. The van der Waals surface area contributed by atoms with Crippen molar-refractivity contribution in [3.8, 4) is 0 Å². The zero-order valence-electron chi connectivity index (χ0n) is 12.5. The third-order valence-corrected chi connectivity index (χ3v) is 5.64. The molecule has 1 heterocycles. The van der Waals surface area contributed by atoms with Crippen LogP contribution >= 0.6 is 0 Å². The topological polar surface area (TPSA) is 26.3 Å². The maximum atomic E-state index is 13.2. The summed E-state index contributed by atoms with van der Waals surface area (Å²) in [6.07, 6.45) is 1.73. The fourth-order valence-electron chi connectivity index (χ4n) is 2.96. The number of hydrogen-bond acceptors (Lipinski definition) is 2. The lowest BCUT2D eigenvalue weighted by atomic mass is 10.1. The van der Waals surface area contributed by atoms with Crippen molar-refractivity contribution in [2.75, 3.05) is 6.61 Å². The van der Waals surface area contributed by atoms with Gasteiger partial charge >= 0.3 is 0 Å². The SMILES string of the molecule is O=S(C1=CCO[C@@H]1c1ccccc1)c1cccc2ccccc12. The molecule has 0 N–H and O–H groups in total. The van der Waals surface area contributed by atoms with Crippen molar-refractivity contribution in [2.24, 2.45) is 0 Å². The van der Waals surface area contributed by atoms with E-state index in [1.54, 1.807) is 0 Å². The highest BCUT2D eigenvalue weighted by Crippen LogP contribution is 2.36. The molecule has 23 heavy (non-hydrogen) atoms. The number of fused-ring (bicyclic) bond motifs is 1. The van der Waals surface area contributed by atoms with Crippen LogP contribution in [0.3, 0.4) is 0 Å². The van der Waals surface area contributed by atoms with E-state index < -0.39 is 10.8 Å². The number of hydrogen-bond donors (Lipinski definition) is 0. The molecule has 3 aromatic carbocycles. The second-order valence-corrected chi connectivity index (χ2v) is 6.93. The van der Waals surface area contributed by atoms with Crippen molar-refractivity contribution in [1.29, 1.82) is 0 Å². The van der Waals surface area contributed by atoms with Crippen molar-refractivity contribution >= 4 is 21.6 Å². The summed E-state index contributed by atoms with van der Waals surface area (Å²) in [6, 6.07) is 24.0. The summed E-state index contributed by atoms with van der Waals surface area (Å²) < 4.78 is 19.0. The lowest BCUT2D eigenvalue weighted by Crippen LogP contribution is -2.06. The maximum Gasteiger partial charge on any atom is 0.116 e. The second kappa shape index (κ2) is 6.11. The Morgan fingerprint density at radius 3 is 2.48 bits per heavy atom. The third-order valence-electron chi connectivity index (χ3n) is 4.07. The molecule has 3 aromatic rings. The van der Waals surface area contributed by atoms with Crippen LogP contribution < -0.4 is 0 Å². The third kappa shape index (κ3) is 2.62. The molecule has 114 valence electrons. The fourth-order valence-corrected chi connectivity index (χ4v) is 4.42. The molecule has 0 amide bonds. The van der Waals surface area contributed by atoms with Gasteiger partial charge in [-0.05, 0) is 28.5 Å². The van der Waals surface area contributed by atoms with Crippen LogP contribution in [0.4, 0.5) is 0 Å². The Kier molecular flexibility index (Phi) is 3.82. The van der Waals surface area contributed by atoms with E-state index in [2.05, 4.69) is 0 Å². The molecule has 3 heteroatoms. The predicted octanol–water partition coefficient (Wildman–Crippen LogP) is 4.60.